The summed E-state index contributed by atoms with van der Waals surface area (Å²) in [5.41, 5.74) is 0.958. The Kier molecular flexibility index (Phi) is 5.20. The highest BCUT2D eigenvalue weighted by Crippen LogP contribution is 2.19. The summed E-state index contributed by atoms with van der Waals surface area (Å²) in [6, 6.07) is 13.3. The average Bonchev–Trinajstić information content (AvgIpc) is 2.47. The second-order valence-electron chi connectivity index (χ2n) is 4.78. The van der Waals surface area contributed by atoms with Crippen LogP contribution >= 0.6 is 22.6 Å². The summed E-state index contributed by atoms with van der Waals surface area (Å²) in [5, 5.41) is 2.71. The zero-order valence-electron chi connectivity index (χ0n) is 12.1. The third-order valence-electron chi connectivity index (χ3n) is 2.96. The number of rotatable bonds is 4. The Bertz CT molecular complexity index is 804. The molecule has 0 fully saturated rings. The number of amides is 1. The van der Waals surface area contributed by atoms with E-state index in [2.05, 4.69) is 27.9 Å². The highest BCUT2D eigenvalue weighted by molar-refractivity contribution is 14.1. The van der Waals surface area contributed by atoms with Gasteiger partial charge in [0.25, 0.3) is 5.91 Å². The second kappa shape index (κ2) is 6.76. The summed E-state index contributed by atoms with van der Waals surface area (Å²) >= 11 is 2.13. The van der Waals surface area contributed by atoms with Crippen LogP contribution in [-0.4, -0.2) is 32.7 Å². The van der Waals surface area contributed by atoms with Crippen LogP contribution in [0.1, 0.15) is 10.4 Å². The molecule has 1 amide bonds. The number of carbonyl (C=O) groups is 1. The van der Waals surface area contributed by atoms with E-state index in [4.69, 9.17) is 0 Å². The van der Waals surface area contributed by atoms with Crippen LogP contribution in [0.3, 0.4) is 0 Å². The van der Waals surface area contributed by atoms with E-state index < -0.39 is 10.0 Å². The fourth-order valence-corrected chi connectivity index (χ4v) is 3.27. The average molecular weight is 430 g/mol. The molecule has 0 saturated carbocycles. The minimum atomic E-state index is -3.53. The molecule has 7 heteroatoms. The SMILES string of the molecule is CN(C)S(=O)(=O)c1cccc(NC(=O)c2cccc(I)c2)c1. The summed E-state index contributed by atoms with van der Waals surface area (Å²) in [7, 11) is -0.596. The van der Waals surface area contributed by atoms with Gasteiger partial charge in [-0.05, 0) is 59.0 Å². The lowest BCUT2D eigenvalue weighted by molar-refractivity contribution is 0.102. The van der Waals surface area contributed by atoms with Crippen LogP contribution in [0.15, 0.2) is 53.4 Å². The fourth-order valence-electron chi connectivity index (χ4n) is 1.78. The Balaban J connectivity index is 2.26. The van der Waals surface area contributed by atoms with Gasteiger partial charge < -0.3 is 5.32 Å². The van der Waals surface area contributed by atoms with Crippen molar-refractivity contribution in [2.75, 3.05) is 19.4 Å². The number of hydrogen-bond acceptors (Lipinski definition) is 3. The fraction of sp³-hybridized carbons (Fsp3) is 0.133. The summed E-state index contributed by atoms with van der Waals surface area (Å²) in [4.78, 5) is 12.3. The lowest BCUT2D eigenvalue weighted by Gasteiger charge is -2.12. The maximum atomic E-state index is 12.2. The minimum absolute atomic E-state index is 0.137. The predicted octanol–water partition coefficient (Wildman–Crippen LogP) is 2.79. The van der Waals surface area contributed by atoms with Crippen LogP contribution in [0.25, 0.3) is 0 Å². The van der Waals surface area contributed by atoms with Crippen molar-refractivity contribution >= 4 is 44.2 Å². The lowest BCUT2D eigenvalue weighted by Crippen LogP contribution is -2.22. The predicted molar refractivity (Wildman–Crippen MR) is 94.4 cm³/mol. The molecular weight excluding hydrogens is 415 g/mol. The number of nitrogens with zero attached hydrogens (tertiary/aromatic N) is 1. The molecule has 0 bridgehead atoms. The Morgan fingerprint density at radius 2 is 1.77 bits per heavy atom. The molecule has 22 heavy (non-hydrogen) atoms. The summed E-state index contributed by atoms with van der Waals surface area (Å²) in [6.45, 7) is 0. The normalized spacial score (nSPS) is 11.5. The number of benzene rings is 2. The van der Waals surface area contributed by atoms with Crippen molar-refractivity contribution < 1.29 is 13.2 Å². The van der Waals surface area contributed by atoms with Crippen LogP contribution in [0.2, 0.25) is 0 Å². The number of nitrogens with one attached hydrogen (secondary N) is 1. The molecule has 0 heterocycles. The zero-order chi connectivity index (χ0) is 16.3. The van der Waals surface area contributed by atoms with Crippen molar-refractivity contribution in [3.05, 3.63) is 57.7 Å². The van der Waals surface area contributed by atoms with Crippen LogP contribution in [0.4, 0.5) is 5.69 Å². The Labute approximate surface area is 143 Å². The molecule has 5 nitrogen and oxygen atoms in total. The third kappa shape index (κ3) is 3.84. The first-order valence-corrected chi connectivity index (χ1v) is 8.92. The number of halogens is 1. The molecule has 0 spiro atoms. The number of anilines is 1. The first-order valence-electron chi connectivity index (χ1n) is 6.40. The highest BCUT2D eigenvalue weighted by Gasteiger charge is 2.17. The molecule has 0 radical (unpaired) electrons. The standard InChI is InChI=1S/C15H15IN2O3S/c1-18(2)22(20,21)14-8-4-7-13(10-14)17-15(19)11-5-3-6-12(16)9-11/h3-10H,1-2H3,(H,17,19). The number of carbonyl (C=O) groups excluding carboxylic acids is 1. The van der Waals surface area contributed by atoms with E-state index in [-0.39, 0.29) is 10.8 Å². The van der Waals surface area contributed by atoms with Crippen LogP contribution < -0.4 is 5.32 Å². The van der Waals surface area contributed by atoms with Gasteiger partial charge in [-0.15, -0.1) is 0 Å². The van der Waals surface area contributed by atoms with Crippen molar-refractivity contribution in [2.24, 2.45) is 0 Å². The molecule has 0 aliphatic carbocycles. The van der Waals surface area contributed by atoms with Gasteiger partial charge in [-0.25, -0.2) is 12.7 Å². The van der Waals surface area contributed by atoms with Crippen molar-refractivity contribution in [1.29, 1.82) is 0 Å². The minimum Gasteiger partial charge on any atom is -0.322 e. The maximum Gasteiger partial charge on any atom is 0.255 e. The van der Waals surface area contributed by atoms with Gasteiger partial charge in [0.2, 0.25) is 10.0 Å². The molecule has 2 rings (SSSR count). The van der Waals surface area contributed by atoms with Gasteiger partial charge in [-0.3, -0.25) is 4.79 Å². The van der Waals surface area contributed by atoms with Gasteiger partial charge in [-0.1, -0.05) is 12.1 Å². The molecule has 0 aromatic heterocycles. The van der Waals surface area contributed by atoms with Crippen LogP contribution in [0, 0.1) is 3.57 Å². The van der Waals surface area contributed by atoms with Crippen molar-refractivity contribution in [3.63, 3.8) is 0 Å². The molecule has 0 aliphatic rings. The van der Waals surface area contributed by atoms with Gasteiger partial charge >= 0.3 is 0 Å². The molecule has 0 unspecified atom stereocenters. The molecule has 116 valence electrons. The van der Waals surface area contributed by atoms with Gasteiger partial charge in [-0.2, -0.15) is 0 Å². The zero-order valence-corrected chi connectivity index (χ0v) is 15.1. The number of hydrogen-bond donors (Lipinski definition) is 1. The second-order valence-corrected chi connectivity index (χ2v) is 8.18. The topological polar surface area (TPSA) is 66.5 Å². The van der Waals surface area contributed by atoms with Crippen LogP contribution in [-0.2, 0) is 10.0 Å². The van der Waals surface area contributed by atoms with Gasteiger partial charge in [0.1, 0.15) is 0 Å². The Morgan fingerprint density at radius 1 is 1.09 bits per heavy atom. The van der Waals surface area contributed by atoms with Crippen molar-refractivity contribution in [2.45, 2.75) is 4.90 Å². The maximum absolute atomic E-state index is 12.2. The van der Waals surface area contributed by atoms with Gasteiger partial charge in [0.15, 0.2) is 0 Å². The largest absolute Gasteiger partial charge is 0.322 e. The summed E-state index contributed by atoms with van der Waals surface area (Å²) < 4.78 is 26.3. The Hall–Kier alpha value is -1.45. The molecule has 2 aromatic rings. The smallest absolute Gasteiger partial charge is 0.255 e. The molecule has 1 N–H and O–H groups in total. The highest BCUT2D eigenvalue weighted by atomic mass is 127. The van der Waals surface area contributed by atoms with Crippen LogP contribution in [0.5, 0.6) is 0 Å². The molecule has 0 saturated heterocycles. The monoisotopic (exact) mass is 430 g/mol. The summed E-state index contributed by atoms with van der Waals surface area (Å²) in [5.74, 6) is -0.280. The van der Waals surface area contributed by atoms with E-state index in [0.717, 1.165) is 7.88 Å². The van der Waals surface area contributed by atoms with E-state index in [1.54, 1.807) is 30.3 Å². The number of sulfonamides is 1. The van der Waals surface area contributed by atoms with Gasteiger partial charge in [0, 0.05) is 28.9 Å². The molecule has 0 aliphatic heterocycles. The van der Waals surface area contributed by atoms with Crippen molar-refractivity contribution in [3.8, 4) is 0 Å². The van der Waals surface area contributed by atoms with E-state index in [9.17, 15) is 13.2 Å². The summed E-state index contributed by atoms with van der Waals surface area (Å²) in [6.07, 6.45) is 0. The van der Waals surface area contributed by atoms with E-state index in [1.807, 2.05) is 6.07 Å². The lowest BCUT2D eigenvalue weighted by atomic mass is 10.2. The Morgan fingerprint density at radius 3 is 2.41 bits per heavy atom. The first kappa shape index (κ1) is 16.9. The van der Waals surface area contributed by atoms with E-state index >= 15 is 0 Å². The molecule has 2 aromatic carbocycles. The van der Waals surface area contributed by atoms with Gasteiger partial charge in [0.05, 0.1) is 4.90 Å². The van der Waals surface area contributed by atoms with E-state index in [0.29, 0.717) is 11.3 Å². The quantitative estimate of drug-likeness (QED) is 0.759. The van der Waals surface area contributed by atoms with Crippen molar-refractivity contribution in [1.82, 2.24) is 4.31 Å². The third-order valence-corrected chi connectivity index (χ3v) is 5.44. The molecule has 0 atom stereocenters. The molecular formula is C15H15IN2O3S. The first-order chi connectivity index (χ1) is 10.3. The van der Waals surface area contributed by atoms with E-state index in [1.165, 1.54) is 26.2 Å².